The van der Waals surface area contributed by atoms with E-state index >= 15 is 0 Å². The van der Waals surface area contributed by atoms with Crippen LogP contribution in [0.5, 0.6) is 0 Å². The first kappa shape index (κ1) is 11.5. The number of aromatic nitrogens is 1. The molecule has 1 aromatic rings. The van der Waals surface area contributed by atoms with Crippen molar-refractivity contribution in [1.29, 1.82) is 5.26 Å². The Bertz CT molecular complexity index is 346. The molecule has 1 aromatic heterocycles. The van der Waals surface area contributed by atoms with E-state index in [4.69, 9.17) is 10.00 Å². The molecule has 0 bridgehead atoms. The van der Waals surface area contributed by atoms with Gasteiger partial charge in [-0.3, -0.25) is 0 Å². The maximum absolute atomic E-state index is 8.66. The Morgan fingerprint density at radius 3 is 3.07 bits per heavy atom. The Labute approximate surface area is 89.9 Å². The van der Waals surface area contributed by atoms with Gasteiger partial charge >= 0.3 is 0 Å². The molecule has 0 amide bonds. The number of pyridine rings is 1. The number of ether oxygens (including phenoxy) is 1. The highest BCUT2D eigenvalue weighted by molar-refractivity contribution is 5.38. The highest BCUT2D eigenvalue weighted by atomic mass is 16.5. The van der Waals surface area contributed by atoms with E-state index in [2.05, 4.69) is 10.3 Å². The highest BCUT2D eigenvalue weighted by Gasteiger charge is 2.01. The number of hydrogen-bond donors (Lipinski definition) is 1. The van der Waals surface area contributed by atoms with E-state index in [1.807, 2.05) is 26.0 Å². The fourth-order valence-corrected chi connectivity index (χ4v) is 1.19. The van der Waals surface area contributed by atoms with Gasteiger partial charge in [-0.2, -0.15) is 5.26 Å². The first-order valence-corrected chi connectivity index (χ1v) is 4.99. The second kappa shape index (κ2) is 5.99. The molecule has 1 N–H and O–H groups in total. The number of hydrogen-bond acceptors (Lipinski definition) is 4. The predicted octanol–water partition coefficient (Wildman–Crippen LogP) is 1.79. The van der Waals surface area contributed by atoms with Gasteiger partial charge in [-0.05, 0) is 26.0 Å². The van der Waals surface area contributed by atoms with Gasteiger partial charge in [0.15, 0.2) is 0 Å². The summed E-state index contributed by atoms with van der Waals surface area (Å²) >= 11 is 0. The van der Waals surface area contributed by atoms with Crippen molar-refractivity contribution in [3.8, 4) is 6.07 Å². The lowest BCUT2D eigenvalue weighted by Gasteiger charge is -2.12. The summed E-state index contributed by atoms with van der Waals surface area (Å²) in [6, 6.07) is 7.31. The van der Waals surface area contributed by atoms with Crippen LogP contribution in [0, 0.1) is 11.3 Å². The summed E-state index contributed by atoms with van der Waals surface area (Å²) in [6.45, 7) is 5.35. The van der Waals surface area contributed by atoms with E-state index in [0.29, 0.717) is 24.7 Å². The van der Waals surface area contributed by atoms with E-state index in [0.717, 1.165) is 0 Å². The molecule has 15 heavy (non-hydrogen) atoms. The van der Waals surface area contributed by atoms with Crippen molar-refractivity contribution >= 4 is 5.82 Å². The molecule has 4 nitrogen and oxygen atoms in total. The summed E-state index contributed by atoms with van der Waals surface area (Å²) in [4.78, 5) is 4.10. The van der Waals surface area contributed by atoms with Crippen LogP contribution in [0.1, 0.15) is 19.5 Å². The van der Waals surface area contributed by atoms with Crippen LogP contribution < -0.4 is 5.32 Å². The normalized spacial score (nSPS) is 11.8. The van der Waals surface area contributed by atoms with Crippen LogP contribution in [0.4, 0.5) is 5.82 Å². The lowest BCUT2D eigenvalue weighted by atomic mass is 10.3. The second-order valence-corrected chi connectivity index (χ2v) is 3.17. The monoisotopic (exact) mass is 205 g/mol. The summed E-state index contributed by atoms with van der Waals surface area (Å²) in [5, 5.41) is 11.8. The molecular formula is C11H15N3O. The summed E-state index contributed by atoms with van der Waals surface area (Å²) in [5.74, 6) is 0.709. The quantitative estimate of drug-likeness (QED) is 0.796. The van der Waals surface area contributed by atoms with Gasteiger partial charge in [-0.25, -0.2) is 4.98 Å². The zero-order chi connectivity index (χ0) is 11.1. The minimum absolute atomic E-state index is 0.141. The molecule has 1 heterocycles. The lowest BCUT2D eigenvalue weighted by molar-refractivity contribution is 0.0855. The van der Waals surface area contributed by atoms with Gasteiger partial charge in [0.1, 0.15) is 17.6 Å². The fourth-order valence-electron chi connectivity index (χ4n) is 1.19. The van der Waals surface area contributed by atoms with Crippen molar-refractivity contribution < 1.29 is 4.74 Å². The largest absolute Gasteiger partial charge is 0.377 e. The van der Waals surface area contributed by atoms with Gasteiger partial charge in [0.2, 0.25) is 0 Å². The second-order valence-electron chi connectivity index (χ2n) is 3.17. The molecule has 0 aliphatic rings. The Balaban J connectivity index is 2.47. The van der Waals surface area contributed by atoms with Crippen LogP contribution in [0.3, 0.4) is 0 Å². The molecule has 0 aliphatic heterocycles. The van der Waals surface area contributed by atoms with Crippen molar-refractivity contribution in [2.75, 3.05) is 18.5 Å². The van der Waals surface area contributed by atoms with Crippen LogP contribution in [-0.4, -0.2) is 24.2 Å². The summed E-state index contributed by atoms with van der Waals surface area (Å²) in [7, 11) is 0. The first-order valence-electron chi connectivity index (χ1n) is 4.99. The van der Waals surface area contributed by atoms with Crippen LogP contribution in [0.25, 0.3) is 0 Å². The summed E-state index contributed by atoms with van der Waals surface area (Å²) in [5.41, 5.74) is 0.420. The van der Waals surface area contributed by atoms with Crippen LogP contribution in [0.2, 0.25) is 0 Å². The predicted molar refractivity (Wildman–Crippen MR) is 58.5 cm³/mol. The topological polar surface area (TPSA) is 57.9 Å². The van der Waals surface area contributed by atoms with Crippen molar-refractivity contribution in [1.82, 2.24) is 4.98 Å². The molecule has 0 fully saturated rings. The van der Waals surface area contributed by atoms with E-state index in [9.17, 15) is 0 Å². The van der Waals surface area contributed by atoms with E-state index in [1.165, 1.54) is 0 Å². The third kappa shape index (κ3) is 3.96. The van der Waals surface area contributed by atoms with E-state index in [-0.39, 0.29) is 6.10 Å². The average Bonchev–Trinajstić information content (AvgIpc) is 2.27. The Morgan fingerprint density at radius 2 is 2.40 bits per heavy atom. The third-order valence-electron chi connectivity index (χ3n) is 1.89. The van der Waals surface area contributed by atoms with Crippen molar-refractivity contribution in [2.24, 2.45) is 0 Å². The van der Waals surface area contributed by atoms with Gasteiger partial charge in [0.05, 0.1) is 6.10 Å². The molecule has 0 aliphatic carbocycles. The van der Waals surface area contributed by atoms with Gasteiger partial charge in [-0.1, -0.05) is 6.07 Å². The standard InChI is InChI=1S/C11H15N3O/c1-3-15-9(2)8-13-11-6-4-5-10(7-12)14-11/h4-6,9H,3,8H2,1-2H3,(H,13,14). The molecule has 0 saturated heterocycles. The number of nitrogens with zero attached hydrogens (tertiary/aromatic N) is 2. The van der Waals surface area contributed by atoms with Crippen molar-refractivity contribution in [2.45, 2.75) is 20.0 Å². The smallest absolute Gasteiger partial charge is 0.142 e. The number of nitrogens with one attached hydrogen (secondary N) is 1. The SMILES string of the molecule is CCOC(C)CNc1cccc(C#N)n1. The molecular weight excluding hydrogens is 190 g/mol. The van der Waals surface area contributed by atoms with Crippen molar-refractivity contribution in [3.05, 3.63) is 23.9 Å². The Hall–Kier alpha value is -1.60. The zero-order valence-corrected chi connectivity index (χ0v) is 9.03. The van der Waals surface area contributed by atoms with E-state index < -0.39 is 0 Å². The molecule has 1 rings (SSSR count). The van der Waals surface area contributed by atoms with Crippen LogP contribution in [-0.2, 0) is 4.74 Å². The molecule has 0 radical (unpaired) electrons. The zero-order valence-electron chi connectivity index (χ0n) is 9.03. The van der Waals surface area contributed by atoms with E-state index in [1.54, 1.807) is 12.1 Å². The number of rotatable bonds is 5. The Kier molecular flexibility index (Phi) is 4.58. The summed E-state index contributed by atoms with van der Waals surface area (Å²) < 4.78 is 5.36. The lowest BCUT2D eigenvalue weighted by Crippen LogP contribution is -2.20. The molecule has 0 aromatic carbocycles. The van der Waals surface area contributed by atoms with Gasteiger partial charge < -0.3 is 10.1 Å². The Morgan fingerprint density at radius 1 is 1.60 bits per heavy atom. The molecule has 0 saturated carbocycles. The maximum Gasteiger partial charge on any atom is 0.142 e. The molecule has 0 spiro atoms. The highest BCUT2D eigenvalue weighted by Crippen LogP contribution is 2.04. The minimum Gasteiger partial charge on any atom is -0.377 e. The van der Waals surface area contributed by atoms with Gasteiger partial charge in [-0.15, -0.1) is 0 Å². The molecule has 80 valence electrons. The van der Waals surface area contributed by atoms with Crippen LogP contribution >= 0.6 is 0 Å². The van der Waals surface area contributed by atoms with Gasteiger partial charge in [0.25, 0.3) is 0 Å². The molecule has 4 heteroatoms. The number of anilines is 1. The maximum atomic E-state index is 8.66. The van der Waals surface area contributed by atoms with Crippen LogP contribution in [0.15, 0.2) is 18.2 Å². The number of nitriles is 1. The third-order valence-corrected chi connectivity index (χ3v) is 1.89. The average molecular weight is 205 g/mol. The van der Waals surface area contributed by atoms with Crippen molar-refractivity contribution in [3.63, 3.8) is 0 Å². The summed E-state index contributed by atoms with van der Waals surface area (Å²) in [6.07, 6.45) is 0.141. The van der Waals surface area contributed by atoms with Gasteiger partial charge in [0, 0.05) is 13.2 Å². The fraction of sp³-hybridized carbons (Fsp3) is 0.455. The minimum atomic E-state index is 0.141. The molecule has 1 atom stereocenters. The first-order chi connectivity index (χ1) is 7.26. The molecule has 1 unspecified atom stereocenters.